The number of rotatable bonds is 7. The van der Waals surface area contributed by atoms with Gasteiger partial charge in [-0.3, -0.25) is 9.55 Å². The molecule has 2 heterocycles. The molecule has 8 rings (SSSR count). The number of para-hydroxylation sites is 1. The van der Waals surface area contributed by atoms with Crippen LogP contribution in [0.4, 0.5) is 0 Å². The van der Waals surface area contributed by atoms with E-state index in [9.17, 15) is 6.48 Å². The van der Waals surface area contributed by atoms with E-state index in [1.807, 2.05) is 138 Å². The van der Waals surface area contributed by atoms with Crippen LogP contribution >= 0.6 is 0 Å². The zero-order valence-electron chi connectivity index (χ0n) is 51.3. The summed E-state index contributed by atoms with van der Waals surface area (Å²) in [6, 6.07) is 25.5. The van der Waals surface area contributed by atoms with E-state index in [4.69, 9.17) is 26.9 Å². The Labute approximate surface area is 394 Å². The molecule has 60 heavy (non-hydrogen) atoms. The van der Waals surface area contributed by atoms with E-state index in [2.05, 4.69) is 11.1 Å². The number of phenolic OH excluding ortho intramolecular Hbond substituents is 1. The molecule has 0 aliphatic heterocycles. The molecule has 0 atom stereocenters. The number of phenols is 1. The zero-order chi connectivity index (χ0) is 56.3. The molecule has 6 aromatic carbocycles. The molecule has 0 bridgehead atoms. The smallest absolute Gasteiger partial charge is 0.148 e. The van der Waals surface area contributed by atoms with Crippen LogP contribution in [0.1, 0.15) is 112 Å². The first-order chi connectivity index (χ1) is 35.0. The van der Waals surface area contributed by atoms with Crippen LogP contribution < -0.4 is 0 Å². The number of hydrogen-bond acceptors (Lipinski definition) is 3. The fourth-order valence-electron chi connectivity index (χ4n) is 7.23. The minimum absolute atomic E-state index is 0. The molecule has 0 amide bonds. The van der Waals surface area contributed by atoms with Gasteiger partial charge >= 0.3 is 0 Å². The first-order valence-corrected chi connectivity index (χ1v) is 19.2. The van der Waals surface area contributed by atoms with Crippen LogP contribution in [0.15, 0.2) is 133 Å². The molecule has 0 saturated carbocycles. The Bertz CT molecular complexity index is 3580. The largest absolute Gasteiger partial charge is 0.507 e. The van der Waals surface area contributed by atoms with Gasteiger partial charge in [-0.15, -0.1) is 29.3 Å². The Balaban J connectivity index is 0.00000861. The summed E-state index contributed by atoms with van der Waals surface area (Å²) in [4.78, 5) is 9.69. The summed E-state index contributed by atoms with van der Waals surface area (Å²) >= 11 is 0. The van der Waals surface area contributed by atoms with Crippen molar-refractivity contribution in [3.8, 4) is 67.5 Å². The minimum atomic E-state index is -3.93. The summed E-state index contributed by atoms with van der Waals surface area (Å²) in [7, 11) is 0. The molecule has 0 aliphatic rings. The molecule has 5 heteroatoms. The van der Waals surface area contributed by atoms with E-state index in [1.54, 1.807) is 6.07 Å². The van der Waals surface area contributed by atoms with Crippen molar-refractivity contribution in [2.24, 2.45) is 0 Å². The maximum atomic E-state index is 11.8. The van der Waals surface area contributed by atoms with E-state index in [0.29, 0.717) is 50.4 Å². The Kier molecular flexibility index (Phi) is 7.11. The topological polar surface area (TPSA) is 50.9 Å². The molecule has 0 unspecified atom stereocenters. The van der Waals surface area contributed by atoms with Crippen LogP contribution in [0.25, 0.3) is 72.7 Å². The molecular weight excluding hydrogens is 914 g/mol. The maximum Gasteiger partial charge on any atom is 0.148 e. The number of aromatic nitrogens is 3. The molecular formula is C55H54N3OPt-. The van der Waals surface area contributed by atoms with Crippen molar-refractivity contribution in [1.29, 1.82) is 0 Å². The number of pyridine rings is 1. The number of benzene rings is 6. The number of fused-ring (bicyclic) bond motifs is 1. The second kappa shape index (κ2) is 16.5. The molecule has 0 saturated heterocycles. The van der Waals surface area contributed by atoms with Gasteiger partial charge in [-0.2, -0.15) is 0 Å². The van der Waals surface area contributed by atoms with Crippen LogP contribution in [0.5, 0.6) is 5.75 Å². The normalized spacial score (nSPS) is 16.8. The average Bonchev–Trinajstić information content (AvgIpc) is 3.71. The third-order valence-corrected chi connectivity index (χ3v) is 10.4. The van der Waals surface area contributed by atoms with Crippen LogP contribution in [0, 0.1) is 19.9 Å². The van der Waals surface area contributed by atoms with Gasteiger partial charge in [-0.05, 0) is 99.8 Å². The van der Waals surface area contributed by atoms with Gasteiger partial charge in [0.05, 0.1) is 31.9 Å². The van der Waals surface area contributed by atoms with E-state index >= 15 is 0 Å². The number of hydrogen-bond donors (Lipinski definition) is 1. The van der Waals surface area contributed by atoms with Crippen molar-refractivity contribution in [2.75, 3.05) is 0 Å². The van der Waals surface area contributed by atoms with Gasteiger partial charge in [0.25, 0.3) is 0 Å². The summed E-state index contributed by atoms with van der Waals surface area (Å²) in [6.07, 6.45) is -0.757. The average molecular weight is 985 g/mol. The molecule has 4 nitrogen and oxygen atoms in total. The third kappa shape index (κ3) is 8.28. The molecule has 8 aromatic rings. The van der Waals surface area contributed by atoms with E-state index < -0.39 is 96.4 Å². The van der Waals surface area contributed by atoms with Crippen molar-refractivity contribution in [1.82, 2.24) is 14.5 Å². The molecule has 2 aromatic heterocycles. The molecule has 0 spiro atoms. The first kappa shape index (κ1) is 25.9. The van der Waals surface area contributed by atoms with Crippen molar-refractivity contribution < 1.29 is 49.5 Å². The monoisotopic (exact) mass is 984 g/mol. The summed E-state index contributed by atoms with van der Waals surface area (Å²) in [5, 5.41) is 11.8. The van der Waals surface area contributed by atoms with Gasteiger partial charge in [0.15, 0.2) is 0 Å². The standard InChI is InChI=1S/C55H54N3O.Pt/c1-34(2)39-21-24-49(46(32-39)38-15-12-11-13-16-38)58-50-18-14-17-45(51(50)57-53(58)47-28-35(3)27-36(4)52(47)59)41-29-42(31-44(30-41)55(8,9)10)48-33-40(25-26-56-48)37-19-22-43(23-20-37)54(5,6)7;/h11-28,30-34,59H,1-10H3;/q-1;/i5D3,6D3,7D3,19D,20D,22D,23D,25D,26D,33D,34D;. The summed E-state index contributed by atoms with van der Waals surface area (Å²) in [6.45, 7) is 1.43. The molecule has 0 radical (unpaired) electrons. The van der Waals surface area contributed by atoms with E-state index in [-0.39, 0.29) is 38.1 Å². The minimum Gasteiger partial charge on any atom is -0.507 e. The predicted molar refractivity (Wildman–Crippen MR) is 248 cm³/mol. The Morgan fingerprint density at radius 3 is 2.17 bits per heavy atom. The Hall–Kier alpha value is -5.57. The quantitative estimate of drug-likeness (QED) is 0.162. The summed E-state index contributed by atoms with van der Waals surface area (Å²) < 4.78 is 149. The first-order valence-electron chi connectivity index (χ1n) is 27.7. The van der Waals surface area contributed by atoms with Crippen molar-refractivity contribution in [3.63, 3.8) is 0 Å². The van der Waals surface area contributed by atoms with Gasteiger partial charge < -0.3 is 5.11 Å². The SMILES string of the molecule is [2H]c1nc(-c2[c-]c(-c3cccc4c3nc(-c3cc(C)cc(C)c3O)n4-c3ccc(C([2H])(C)C)cc3-c3ccccc3)cc(C(C)(C)C)c2)c([2H])c(-c2c([2H])c([2H])c(C(C([2H])([2H])[2H])(C([2H])([2H])[2H])C([2H])([2H])[2H])c([2H])c2[2H])c1[2H].[Pt]. The summed E-state index contributed by atoms with van der Waals surface area (Å²) in [5.41, 5.74) is 0.387. The van der Waals surface area contributed by atoms with Crippen molar-refractivity contribution >= 4 is 11.0 Å². The molecule has 0 fully saturated rings. The second-order valence-corrected chi connectivity index (χ2v) is 16.2. The molecule has 0 aliphatic carbocycles. The van der Waals surface area contributed by atoms with Gasteiger partial charge in [0.2, 0.25) is 0 Å². The van der Waals surface area contributed by atoms with Crippen molar-refractivity contribution in [3.05, 3.63) is 167 Å². The third-order valence-electron chi connectivity index (χ3n) is 10.4. The van der Waals surface area contributed by atoms with Crippen LogP contribution in [0.3, 0.4) is 0 Å². The van der Waals surface area contributed by atoms with Crippen molar-refractivity contribution in [2.45, 2.75) is 85.7 Å². The van der Waals surface area contributed by atoms with Gasteiger partial charge in [0, 0.05) is 52.2 Å². The number of aryl methyl sites for hydroxylation is 2. The Morgan fingerprint density at radius 1 is 0.733 bits per heavy atom. The number of imidazole rings is 1. The zero-order valence-corrected chi connectivity index (χ0v) is 36.5. The van der Waals surface area contributed by atoms with Gasteiger partial charge in [0.1, 0.15) is 11.6 Å². The summed E-state index contributed by atoms with van der Waals surface area (Å²) in [5.74, 6) is -0.528. The maximum absolute atomic E-state index is 11.8. The van der Waals surface area contributed by atoms with Gasteiger partial charge in [-0.25, -0.2) is 4.98 Å². The number of aromatic hydroxyl groups is 1. The van der Waals surface area contributed by atoms with Crippen LogP contribution in [-0.4, -0.2) is 19.6 Å². The van der Waals surface area contributed by atoms with E-state index in [0.717, 1.165) is 22.3 Å². The molecule has 306 valence electrons. The van der Waals surface area contributed by atoms with Crippen LogP contribution in [0.2, 0.25) is 0 Å². The van der Waals surface area contributed by atoms with Crippen LogP contribution in [-0.2, 0) is 31.9 Å². The fourth-order valence-corrected chi connectivity index (χ4v) is 7.23. The second-order valence-electron chi connectivity index (χ2n) is 16.2. The molecule has 1 N–H and O–H groups in total. The number of nitrogens with zero attached hydrogens (tertiary/aromatic N) is 3. The van der Waals surface area contributed by atoms with Gasteiger partial charge in [-0.1, -0.05) is 151 Å². The fraction of sp³-hybridized carbons (Fsp3) is 0.236. The van der Waals surface area contributed by atoms with E-state index in [1.165, 1.54) is 0 Å². The Morgan fingerprint density at radius 2 is 1.47 bits per heavy atom. The predicted octanol–water partition coefficient (Wildman–Crippen LogP) is 14.6.